The maximum absolute atomic E-state index is 13.5. The Morgan fingerprint density at radius 1 is 1.00 bits per heavy atom. The molecule has 2 fully saturated rings. The van der Waals surface area contributed by atoms with E-state index in [0.717, 1.165) is 31.5 Å². The summed E-state index contributed by atoms with van der Waals surface area (Å²) in [6.45, 7) is 0. The summed E-state index contributed by atoms with van der Waals surface area (Å²) < 4.78 is 38.4. The van der Waals surface area contributed by atoms with E-state index < -0.39 is 11.7 Å². The summed E-state index contributed by atoms with van der Waals surface area (Å²) in [5.74, 6) is 0.450. The highest BCUT2D eigenvalue weighted by Gasteiger charge is 2.49. The fourth-order valence-corrected chi connectivity index (χ4v) is 4.95. The van der Waals surface area contributed by atoms with Crippen molar-refractivity contribution in [3.8, 4) is 11.4 Å². The standard InChI is InChI=1S/C23H20F3N5O/c24-23(25,26)15-4-5-16(30-13-15)11-14-12-17-6-7-19(14)31(17)22(32)20-18(3-1-8-27-20)21-28-9-2-10-29-21/h1-5,8-10,13-14,17,19H,6-7,11-12H2. The van der Waals surface area contributed by atoms with E-state index in [2.05, 4.69) is 19.9 Å². The van der Waals surface area contributed by atoms with Crippen molar-refractivity contribution in [3.63, 3.8) is 0 Å². The first-order valence-electron chi connectivity index (χ1n) is 10.5. The Morgan fingerprint density at radius 2 is 1.78 bits per heavy atom. The Morgan fingerprint density at radius 3 is 2.50 bits per heavy atom. The van der Waals surface area contributed by atoms with Crippen LogP contribution in [0.3, 0.4) is 0 Å². The average molecular weight is 439 g/mol. The monoisotopic (exact) mass is 439 g/mol. The summed E-state index contributed by atoms with van der Waals surface area (Å²) >= 11 is 0. The predicted octanol–water partition coefficient (Wildman–Crippen LogP) is 4.19. The van der Waals surface area contributed by atoms with E-state index in [0.29, 0.717) is 29.2 Å². The van der Waals surface area contributed by atoms with Crippen LogP contribution < -0.4 is 0 Å². The summed E-state index contributed by atoms with van der Waals surface area (Å²) in [6, 6.07) is 7.86. The molecule has 2 saturated heterocycles. The van der Waals surface area contributed by atoms with Gasteiger partial charge in [-0.15, -0.1) is 0 Å². The molecule has 5 heterocycles. The summed E-state index contributed by atoms with van der Waals surface area (Å²) in [5, 5.41) is 0. The second-order valence-electron chi connectivity index (χ2n) is 8.22. The number of rotatable bonds is 4. The van der Waals surface area contributed by atoms with Crippen molar-refractivity contribution in [2.24, 2.45) is 5.92 Å². The van der Waals surface area contributed by atoms with Crippen LogP contribution in [0, 0.1) is 5.92 Å². The molecule has 164 valence electrons. The second kappa shape index (κ2) is 7.96. The quantitative estimate of drug-likeness (QED) is 0.610. The molecule has 2 aliphatic heterocycles. The van der Waals surface area contributed by atoms with Crippen LogP contribution >= 0.6 is 0 Å². The Hall–Kier alpha value is -3.36. The van der Waals surface area contributed by atoms with E-state index >= 15 is 0 Å². The molecule has 2 bridgehead atoms. The lowest BCUT2D eigenvalue weighted by Gasteiger charge is -2.25. The highest BCUT2D eigenvalue weighted by Crippen LogP contribution is 2.44. The zero-order valence-corrected chi connectivity index (χ0v) is 17.0. The van der Waals surface area contributed by atoms with Gasteiger partial charge in [-0.3, -0.25) is 14.8 Å². The molecule has 9 heteroatoms. The van der Waals surface area contributed by atoms with Gasteiger partial charge in [0.25, 0.3) is 5.91 Å². The Kier molecular flexibility index (Phi) is 5.11. The average Bonchev–Trinajstić information content (AvgIpc) is 3.37. The maximum atomic E-state index is 13.5. The van der Waals surface area contributed by atoms with E-state index in [1.165, 1.54) is 6.07 Å². The molecule has 3 aromatic heterocycles. The smallest absolute Gasteiger partial charge is 0.331 e. The van der Waals surface area contributed by atoms with Crippen molar-refractivity contribution in [1.29, 1.82) is 0 Å². The molecule has 0 spiro atoms. The SMILES string of the molecule is O=C(c1ncccc1-c1ncccn1)N1C2CCC1C(Cc1ccc(C(F)(F)F)cn1)C2. The van der Waals surface area contributed by atoms with Gasteiger partial charge in [-0.25, -0.2) is 9.97 Å². The molecule has 3 unspecified atom stereocenters. The lowest BCUT2D eigenvalue weighted by atomic mass is 9.86. The number of nitrogens with zero attached hydrogens (tertiary/aromatic N) is 5. The number of alkyl halides is 3. The van der Waals surface area contributed by atoms with Gasteiger partial charge >= 0.3 is 6.18 Å². The maximum Gasteiger partial charge on any atom is 0.417 e. The fourth-order valence-electron chi connectivity index (χ4n) is 4.95. The molecule has 0 saturated carbocycles. The van der Waals surface area contributed by atoms with Crippen LogP contribution in [0.5, 0.6) is 0 Å². The first kappa shape index (κ1) is 20.5. The van der Waals surface area contributed by atoms with E-state index in [1.54, 1.807) is 36.8 Å². The van der Waals surface area contributed by atoms with Gasteiger partial charge in [0.05, 0.1) is 11.1 Å². The first-order chi connectivity index (χ1) is 15.4. The van der Waals surface area contributed by atoms with E-state index in [-0.39, 0.29) is 23.9 Å². The number of hydrogen-bond donors (Lipinski definition) is 0. The highest BCUT2D eigenvalue weighted by atomic mass is 19.4. The highest BCUT2D eigenvalue weighted by molar-refractivity contribution is 5.98. The minimum Gasteiger partial charge on any atom is -0.331 e. The molecule has 3 aromatic rings. The number of pyridine rings is 2. The Labute approximate surface area is 182 Å². The summed E-state index contributed by atoms with van der Waals surface area (Å²) in [4.78, 5) is 32.3. The van der Waals surface area contributed by atoms with Gasteiger partial charge in [-0.1, -0.05) is 0 Å². The molecule has 6 nitrogen and oxygen atoms in total. The fraction of sp³-hybridized carbons (Fsp3) is 0.348. The molecule has 5 rings (SSSR count). The van der Waals surface area contributed by atoms with Gasteiger partial charge in [0.15, 0.2) is 5.82 Å². The van der Waals surface area contributed by atoms with Crippen molar-refractivity contribution in [2.45, 2.75) is 43.9 Å². The molecule has 0 radical (unpaired) electrons. The normalized spacial score (nSPS) is 22.3. The topological polar surface area (TPSA) is 71.9 Å². The molecular formula is C23H20F3N5O. The molecule has 0 aliphatic carbocycles. The van der Waals surface area contributed by atoms with Crippen molar-refractivity contribution >= 4 is 5.91 Å². The summed E-state index contributed by atoms with van der Waals surface area (Å²) in [7, 11) is 0. The summed E-state index contributed by atoms with van der Waals surface area (Å²) in [6.07, 6.45) is 4.44. The van der Waals surface area contributed by atoms with Gasteiger partial charge < -0.3 is 4.90 Å². The van der Waals surface area contributed by atoms with Crippen molar-refractivity contribution in [2.75, 3.05) is 0 Å². The molecular weight excluding hydrogens is 419 g/mol. The molecule has 2 aliphatic rings. The van der Waals surface area contributed by atoms with Crippen LogP contribution in [0.25, 0.3) is 11.4 Å². The largest absolute Gasteiger partial charge is 0.417 e. The van der Waals surface area contributed by atoms with E-state index in [4.69, 9.17) is 0 Å². The minimum absolute atomic E-state index is 0.0168. The summed E-state index contributed by atoms with van der Waals surface area (Å²) in [5.41, 5.74) is 0.769. The number of carbonyl (C=O) groups excluding carboxylic acids is 1. The second-order valence-corrected chi connectivity index (χ2v) is 8.22. The van der Waals surface area contributed by atoms with Crippen LogP contribution in [0.2, 0.25) is 0 Å². The Balaban J connectivity index is 1.36. The molecule has 32 heavy (non-hydrogen) atoms. The van der Waals surface area contributed by atoms with Gasteiger partial charge in [0.2, 0.25) is 0 Å². The third kappa shape index (κ3) is 3.72. The lowest BCUT2D eigenvalue weighted by Crippen LogP contribution is -2.37. The number of aromatic nitrogens is 4. The van der Waals surface area contributed by atoms with Gasteiger partial charge in [-0.2, -0.15) is 13.2 Å². The van der Waals surface area contributed by atoms with E-state index in [1.807, 2.05) is 4.90 Å². The third-order valence-corrected chi connectivity index (χ3v) is 6.34. The van der Waals surface area contributed by atoms with Crippen LogP contribution in [-0.4, -0.2) is 42.8 Å². The zero-order chi connectivity index (χ0) is 22.3. The minimum atomic E-state index is -4.40. The number of fused-ring (bicyclic) bond motifs is 2. The first-order valence-corrected chi connectivity index (χ1v) is 10.5. The molecule has 1 amide bonds. The number of amides is 1. The van der Waals surface area contributed by atoms with Crippen LogP contribution in [0.1, 0.15) is 41.0 Å². The molecule has 3 atom stereocenters. The van der Waals surface area contributed by atoms with Crippen LogP contribution in [-0.2, 0) is 12.6 Å². The van der Waals surface area contributed by atoms with E-state index in [9.17, 15) is 18.0 Å². The number of halogens is 3. The van der Waals surface area contributed by atoms with Crippen LogP contribution in [0.15, 0.2) is 55.1 Å². The number of carbonyl (C=O) groups is 1. The van der Waals surface area contributed by atoms with Gasteiger partial charge in [0.1, 0.15) is 5.69 Å². The van der Waals surface area contributed by atoms with Crippen molar-refractivity contribution in [1.82, 2.24) is 24.8 Å². The van der Waals surface area contributed by atoms with Crippen molar-refractivity contribution in [3.05, 3.63) is 72.1 Å². The van der Waals surface area contributed by atoms with Crippen molar-refractivity contribution < 1.29 is 18.0 Å². The van der Waals surface area contributed by atoms with Gasteiger partial charge in [0, 0.05) is 42.6 Å². The van der Waals surface area contributed by atoms with Crippen LogP contribution in [0.4, 0.5) is 13.2 Å². The number of hydrogen-bond acceptors (Lipinski definition) is 5. The van der Waals surface area contributed by atoms with Gasteiger partial charge in [-0.05, 0) is 61.9 Å². The predicted molar refractivity (Wildman–Crippen MR) is 109 cm³/mol. The molecule has 0 aromatic carbocycles. The Bertz CT molecular complexity index is 1120. The zero-order valence-electron chi connectivity index (χ0n) is 17.0. The molecule has 0 N–H and O–H groups in total. The lowest BCUT2D eigenvalue weighted by molar-refractivity contribution is -0.137. The third-order valence-electron chi connectivity index (χ3n) is 6.34.